The van der Waals surface area contributed by atoms with Crippen LogP contribution in [0.3, 0.4) is 0 Å². The minimum Gasteiger partial charge on any atom is -0.476 e. The molecule has 1 heterocycles. The van der Waals surface area contributed by atoms with Gasteiger partial charge in [-0.1, -0.05) is 30.3 Å². The number of carboxylic acid groups (broad SMARTS) is 1. The molecule has 0 bridgehead atoms. The molecule has 0 unspecified atom stereocenters. The predicted molar refractivity (Wildman–Crippen MR) is 64.1 cm³/mol. The molecular weight excluding hydrogens is 216 g/mol. The number of H-pyrrole nitrogens is 1. The molecule has 0 atom stereocenters. The number of carboxylic acids is 1. The minimum atomic E-state index is -0.975. The third-order valence-electron chi connectivity index (χ3n) is 2.61. The molecule has 17 heavy (non-hydrogen) atoms. The van der Waals surface area contributed by atoms with Crippen molar-refractivity contribution >= 4 is 5.97 Å². The Bertz CT molecular complexity index is 517. The van der Waals surface area contributed by atoms with Crippen LogP contribution in [0.25, 0.3) is 0 Å². The van der Waals surface area contributed by atoms with E-state index < -0.39 is 5.97 Å². The van der Waals surface area contributed by atoms with Crippen molar-refractivity contribution in [1.29, 1.82) is 0 Å². The standard InChI is InChI=1S/C13H14N2O2/c1-9-14-11(12(15-9)13(16)17)8-7-10-5-3-2-4-6-10/h2-6H,7-8H2,1H3,(H,14,15)(H,16,17). The van der Waals surface area contributed by atoms with Crippen molar-refractivity contribution in [3.63, 3.8) is 0 Å². The third-order valence-corrected chi connectivity index (χ3v) is 2.61. The lowest BCUT2D eigenvalue weighted by atomic mass is 10.1. The number of aromatic nitrogens is 2. The lowest BCUT2D eigenvalue weighted by Gasteiger charge is -2.00. The summed E-state index contributed by atoms with van der Waals surface area (Å²) in [5.74, 6) is -0.331. The highest BCUT2D eigenvalue weighted by Gasteiger charge is 2.14. The first-order valence-electron chi connectivity index (χ1n) is 5.49. The lowest BCUT2D eigenvalue weighted by Crippen LogP contribution is -2.03. The first kappa shape index (κ1) is 11.4. The van der Waals surface area contributed by atoms with Crippen LogP contribution in [-0.2, 0) is 12.8 Å². The molecule has 1 aromatic carbocycles. The molecule has 2 N–H and O–H groups in total. The molecule has 0 aliphatic heterocycles. The van der Waals surface area contributed by atoms with Crippen molar-refractivity contribution in [2.45, 2.75) is 19.8 Å². The number of nitrogens with one attached hydrogen (secondary N) is 1. The highest BCUT2D eigenvalue weighted by Crippen LogP contribution is 2.10. The van der Waals surface area contributed by atoms with Gasteiger partial charge in [-0.05, 0) is 25.3 Å². The Morgan fingerprint density at radius 2 is 2.00 bits per heavy atom. The number of hydrogen-bond acceptors (Lipinski definition) is 2. The van der Waals surface area contributed by atoms with Gasteiger partial charge in [0.15, 0.2) is 5.69 Å². The quantitative estimate of drug-likeness (QED) is 0.846. The molecule has 0 fully saturated rings. The SMILES string of the molecule is Cc1nc(C(=O)O)c(CCc2ccccc2)[nH]1. The Morgan fingerprint density at radius 3 is 2.65 bits per heavy atom. The number of imidazole rings is 1. The van der Waals surface area contributed by atoms with Gasteiger partial charge in [0, 0.05) is 5.69 Å². The van der Waals surface area contributed by atoms with Gasteiger partial charge in [-0.3, -0.25) is 0 Å². The summed E-state index contributed by atoms with van der Waals surface area (Å²) >= 11 is 0. The molecule has 0 aliphatic carbocycles. The second-order valence-electron chi connectivity index (χ2n) is 3.94. The maximum atomic E-state index is 11.0. The fourth-order valence-electron chi connectivity index (χ4n) is 1.81. The maximum Gasteiger partial charge on any atom is 0.356 e. The molecule has 0 spiro atoms. The predicted octanol–water partition coefficient (Wildman–Crippen LogP) is 2.20. The van der Waals surface area contributed by atoms with E-state index in [1.54, 1.807) is 6.92 Å². The van der Waals surface area contributed by atoms with Crippen LogP contribution in [0.1, 0.15) is 27.6 Å². The summed E-state index contributed by atoms with van der Waals surface area (Å²) in [6.45, 7) is 1.76. The molecule has 0 saturated carbocycles. The molecule has 2 aromatic rings. The van der Waals surface area contributed by atoms with Crippen molar-refractivity contribution in [2.75, 3.05) is 0 Å². The van der Waals surface area contributed by atoms with Crippen LogP contribution >= 0.6 is 0 Å². The zero-order chi connectivity index (χ0) is 12.3. The second-order valence-corrected chi connectivity index (χ2v) is 3.94. The van der Waals surface area contributed by atoms with E-state index in [1.165, 1.54) is 5.56 Å². The number of nitrogens with zero attached hydrogens (tertiary/aromatic N) is 1. The topological polar surface area (TPSA) is 66.0 Å². The van der Waals surface area contributed by atoms with Crippen LogP contribution in [0.5, 0.6) is 0 Å². The number of carbonyl (C=O) groups is 1. The van der Waals surface area contributed by atoms with E-state index in [4.69, 9.17) is 5.11 Å². The van der Waals surface area contributed by atoms with Gasteiger partial charge in [-0.15, -0.1) is 0 Å². The van der Waals surface area contributed by atoms with Gasteiger partial charge >= 0.3 is 5.97 Å². The van der Waals surface area contributed by atoms with Crippen LogP contribution in [-0.4, -0.2) is 21.0 Å². The largest absolute Gasteiger partial charge is 0.476 e. The number of rotatable bonds is 4. The third kappa shape index (κ3) is 2.72. The number of benzene rings is 1. The highest BCUT2D eigenvalue weighted by molar-refractivity contribution is 5.86. The van der Waals surface area contributed by atoms with Crippen LogP contribution in [0, 0.1) is 6.92 Å². The second kappa shape index (κ2) is 4.82. The first-order chi connectivity index (χ1) is 8.16. The van der Waals surface area contributed by atoms with Crippen molar-refractivity contribution in [1.82, 2.24) is 9.97 Å². The van der Waals surface area contributed by atoms with Gasteiger partial charge in [-0.25, -0.2) is 9.78 Å². The maximum absolute atomic E-state index is 11.0. The Hall–Kier alpha value is -2.10. The van der Waals surface area contributed by atoms with Gasteiger partial charge in [0.1, 0.15) is 5.82 Å². The summed E-state index contributed by atoms with van der Waals surface area (Å²) in [5, 5.41) is 8.99. The zero-order valence-electron chi connectivity index (χ0n) is 9.60. The average molecular weight is 230 g/mol. The highest BCUT2D eigenvalue weighted by atomic mass is 16.4. The van der Waals surface area contributed by atoms with Gasteiger partial charge in [-0.2, -0.15) is 0 Å². The summed E-state index contributed by atoms with van der Waals surface area (Å²) in [7, 11) is 0. The summed E-state index contributed by atoms with van der Waals surface area (Å²) < 4.78 is 0. The number of aromatic carboxylic acids is 1. The summed E-state index contributed by atoms with van der Waals surface area (Å²) in [4.78, 5) is 17.9. The van der Waals surface area contributed by atoms with Gasteiger partial charge in [0.05, 0.1) is 0 Å². The van der Waals surface area contributed by atoms with E-state index >= 15 is 0 Å². The molecule has 4 nitrogen and oxygen atoms in total. The first-order valence-corrected chi connectivity index (χ1v) is 5.49. The van der Waals surface area contributed by atoms with Crippen LogP contribution < -0.4 is 0 Å². The van der Waals surface area contributed by atoms with Gasteiger partial charge in [0.2, 0.25) is 0 Å². The van der Waals surface area contributed by atoms with E-state index in [1.807, 2.05) is 30.3 Å². The number of hydrogen-bond donors (Lipinski definition) is 2. The Morgan fingerprint density at radius 1 is 1.29 bits per heavy atom. The number of aryl methyl sites for hydroxylation is 3. The fraction of sp³-hybridized carbons (Fsp3) is 0.231. The molecule has 2 rings (SSSR count). The van der Waals surface area contributed by atoms with Crippen molar-refractivity contribution in [3.05, 3.63) is 53.1 Å². The molecule has 0 amide bonds. The Kier molecular flexibility index (Phi) is 3.23. The molecular formula is C13H14N2O2. The lowest BCUT2D eigenvalue weighted by molar-refractivity contribution is 0.0689. The van der Waals surface area contributed by atoms with Gasteiger partial charge in [0.25, 0.3) is 0 Å². The van der Waals surface area contributed by atoms with E-state index in [2.05, 4.69) is 9.97 Å². The average Bonchev–Trinajstić information content (AvgIpc) is 2.69. The van der Waals surface area contributed by atoms with Crippen molar-refractivity contribution < 1.29 is 9.90 Å². The monoisotopic (exact) mass is 230 g/mol. The Balaban J connectivity index is 2.11. The van der Waals surface area contributed by atoms with Gasteiger partial charge < -0.3 is 10.1 Å². The van der Waals surface area contributed by atoms with E-state index in [0.717, 1.165) is 6.42 Å². The van der Waals surface area contributed by atoms with E-state index in [-0.39, 0.29) is 5.69 Å². The molecule has 88 valence electrons. The Labute approximate surface area is 99.3 Å². The van der Waals surface area contributed by atoms with E-state index in [0.29, 0.717) is 17.9 Å². The normalized spacial score (nSPS) is 10.4. The van der Waals surface area contributed by atoms with Crippen molar-refractivity contribution in [3.8, 4) is 0 Å². The zero-order valence-corrected chi connectivity index (χ0v) is 9.60. The molecule has 1 aromatic heterocycles. The fourth-order valence-corrected chi connectivity index (χ4v) is 1.81. The minimum absolute atomic E-state index is 0.137. The summed E-state index contributed by atoms with van der Waals surface area (Å²) in [6.07, 6.45) is 1.47. The van der Waals surface area contributed by atoms with Crippen LogP contribution in [0.4, 0.5) is 0 Å². The van der Waals surface area contributed by atoms with Crippen molar-refractivity contribution in [2.24, 2.45) is 0 Å². The molecule has 0 aliphatic rings. The van der Waals surface area contributed by atoms with Crippen LogP contribution in [0.15, 0.2) is 30.3 Å². The molecule has 0 radical (unpaired) electrons. The molecule has 4 heteroatoms. The smallest absolute Gasteiger partial charge is 0.356 e. The summed E-state index contributed by atoms with van der Waals surface area (Å²) in [6, 6.07) is 9.98. The van der Waals surface area contributed by atoms with Crippen LogP contribution in [0.2, 0.25) is 0 Å². The number of aromatic amines is 1. The summed E-state index contributed by atoms with van der Waals surface area (Å²) in [5.41, 5.74) is 2.02. The molecule has 0 saturated heterocycles. The van der Waals surface area contributed by atoms with E-state index in [9.17, 15) is 4.79 Å².